The highest BCUT2D eigenvalue weighted by atomic mass is 32.2. The second kappa shape index (κ2) is 9.04. The van der Waals surface area contributed by atoms with Crippen molar-refractivity contribution < 1.29 is 17.6 Å². The molecule has 2 aromatic rings. The monoisotopic (exact) mass is 439 g/mol. The molecular formula is C20H29N3O4S2. The Labute approximate surface area is 176 Å². The van der Waals surface area contributed by atoms with Crippen LogP contribution < -0.4 is 0 Å². The van der Waals surface area contributed by atoms with Crippen LogP contribution in [-0.4, -0.2) is 46.2 Å². The fraction of sp³-hybridized carbons (Fsp3) is 0.650. The maximum atomic E-state index is 12.7. The van der Waals surface area contributed by atoms with Crippen LogP contribution in [0.3, 0.4) is 0 Å². The van der Waals surface area contributed by atoms with Crippen LogP contribution in [0.1, 0.15) is 54.3 Å². The molecule has 160 valence electrons. The molecule has 0 unspecified atom stereocenters. The molecule has 1 fully saturated rings. The largest absolute Gasteiger partial charge is 0.416 e. The van der Waals surface area contributed by atoms with E-state index in [0.29, 0.717) is 29.9 Å². The molecule has 9 heteroatoms. The van der Waals surface area contributed by atoms with E-state index < -0.39 is 9.84 Å². The number of thioether (sulfide) groups is 1. The van der Waals surface area contributed by atoms with Crippen molar-refractivity contribution in [1.82, 2.24) is 14.8 Å². The molecule has 1 atom stereocenters. The van der Waals surface area contributed by atoms with Crippen molar-refractivity contribution in [2.75, 3.05) is 17.3 Å². The smallest absolute Gasteiger partial charge is 0.277 e. The van der Waals surface area contributed by atoms with Gasteiger partial charge < -0.3 is 8.98 Å². The average Bonchev–Trinajstić information content (AvgIpc) is 3.30. The van der Waals surface area contributed by atoms with Crippen LogP contribution in [0.5, 0.6) is 0 Å². The third-order valence-corrected chi connectivity index (χ3v) is 8.02. The second-order valence-corrected chi connectivity index (χ2v) is 11.4. The third-order valence-electron chi connectivity index (χ3n) is 5.37. The first kappa shape index (κ1) is 22.1. The lowest BCUT2D eigenvalue weighted by Crippen LogP contribution is -2.08. The van der Waals surface area contributed by atoms with Gasteiger partial charge in [0.15, 0.2) is 15.6 Å². The van der Waals surface area contributed by atoms with Crippen molar-refractivity contribution >= 4 is 27.4 Å². The Morgan fingerprint density at radius 1 is 1.34 bits per heavy atom. The van der Waals surface area contributed by atoms with E-state index in [2.05, 4.69) is 28.6 Å². The Hall–Kier alpha value is -1.61. The first-order valence-electron chi connectivity index (χ1n) is 10.00. The van der Waals surface area contributed by atoms with Crippen LogP contribution in [0.2, 0.25) is 0 Å². The van der Waals surface area contributed by atoms with Gasteiger partial charge in [0.2, 0.25) is 5.89 Å². The Morgan fingerprint density at radius 3 is 2.76 bits per heavy atom. The number of carbonyl (C=O) groups is 1. The molecule has 0 N–H and O–H groups in total. The zero-order chi connectivity index (χ0) is 21.2. The van der Waals surface area contributed by atoms with Gasteiger partial charge in [0.05, 0.1) is 17.3 Å². The van der Waals surface area contributed by atoms with Gasteiger partial charge in [-0.3, -0.25) is 4.79 Å². The molecule has 0 spiro atoms. The minimum Gasteiger partial charge on any atom is -0.416 e. The second-order valence-electron chi connectivity index (χ2n) is 8.27. The van der Waals surface area contributed by atoms with E-state index in [9.17, 15) is 13.2 Å². The molecule has 3 rings (SSSR count). The maximum Gasteiger partial charge on any atom is 0.277 e. The number of aromatic nitrogens is 3. The summed E-state index contributed by atoms with van der Waals surface area (Å²) in [5.74, 6) is 1.78. The standard InChI is InChI=1S/C20H29N3O4S2/c1-13(2)5-7-23-14(3)9-17(15(23)4)18(24)11-28-20-22-21-19(27-20)10-16-6-8-29(25,26)12-16/h9,13,16H,5-8,10-12H2,1-4H3/t16-/m0/s1. The van der Waals surface area contributed by atoms with Gasteiger partial charge in [0, 0.05) is 29.9 Å². The number of sulfone groups is 1. The van der Waals surface area contributed by atoms with E-state index in [-0.39, 0.29) is 29.0 Å². The number of hydrogen-bond donors (Lipinski definition) is 0. The summed E-state index contributed by atoms with van der Waals surface area (Å²) in [5, 5.41) is 8.35. The number of nitrogens with zero attached hydrogens (tertiary/aromatic N) is 3. The van der Waals surface area contributed by atoms with Crippen LogP contribution in [0.4, 0.5) is 0 Å². The molecule has 1 aliphatic rings. The summed E-state index contributed by atoms with van der Waals surface area (Å²) >= 11 is 1.23. The molecule has 1 aliphatic heterocycles. The molecule has 0 aliphatic carbocycles. The predicted molar refractivity (Wildman–Crippen MR) is 113 cm³/mol. The van der Waals surface area contributed by atoms with Crippen molar-refractivity contribution in [3.05, 3.63) is 28.9 Å². The topological polar surface area (TPSA) is 95.1 Å². The van der Waals surface area contributed by atoms with E-state index in [0.717, 1.165) is 29.9 Å². The predicted octanol–water partition coefficient (Wildman–Crippen LogP) is 3.49. The van der Waals surface area contributed by atoms with Crippen molar-refractivity contribution in [2.24, 2.45) is 11.8 Å². The highest BCUT2D eigenvalue weighted by Gasteiger charge is 2.29. The van der Waals surface area contributed by atoms with E-state index in [1.165, 1.54) is 11.8 Å². The fourth-order valence-corrected chi connectivity index (χ4v) is 6.20. The highest BCUT2D eigenvalue weighted by molar-refractivity contribution is 7.99. The summed E-state index contributed by atoms with van der Waals surface area (Å²) in [6, 6.07) is 1.96. The number of aryl methyl sites for hydroxylation is 1. The lowest BCUT2D eigenvalue weighted by molar-refractivity contribution is 0.102. The van der Waals surface area contributed by atoms with Crippen LogP contribution >= 0.6 is 11.8 Å². The average molecular weight is 440 g/mol. The molecule has 2 aromatic heterocycles. The van der Waals surface area contributed by atoms with Gasteiger partial charge in [-0.15, -0.1) is 10.2 Å². The Morgan fingerprint density at radius 2 is 2.10 bits per heavy atom. The van der Waals surface area contributed by atoms with Crippen LogP contribution in [0.25, 0.3) is 0 Å². The zero-order valence-corrected chi connectivity index (χ0v) is 19.1. The summed E-state index contributed by atoms with van der Waals surface area (Å²) in [4.78, 5) is 12.7. The van der Waals surface area contributed by atoms with Gasteiger partial charge in [-0.1, -0.05) is 25.6 Å². The molecule has 0 radical (unpaired) electrons. The normalized spacial score (nSPS) is 18.6. The maximum absolute atomic E-state index is 12.7. The summed E-state index contributed by atoms with van der Waals surface area (Å²) in [7, 11) is -2.92. The van der Waals surface area contributed by atoms with Crippen LogP contribution in [-0.2, 0) is 22.8 Å². The molecule has 0 aromatic carbocycles. The third kappa shape index (κ3) is 5.72. The number of carbonyl (C=O) groups excluding carboxylic acids is 1. The number of hydrogen-bond acceptors (Lipinski definition) is 7. The summed E-state index contributed by atoms with van der Waals surface area (Å²) in [6.07, 6.45) is 2.18. The first-order valence-corrected chi connectivity index (χ1v) is 12.8. The molecule has 0 bridgehead atoms. The van der Waals surface area contributed by atoms with Gasteiger partial charge in [0.25, 0.3) is 5.22 Å². The Bertz CT molecular complexity index is 976. The minimum absolute atomic E-state index is 0.0381. The van der Waals surface area contributed by atoms with Gasteiger partial charge in [-0.2, -0.15) is 0 Å². The van der Waals surface area contributed by atoms with Crippen molar-refractivity contribution in [3.63, 3.8) is 0 Å². The van der Waals surface area contributed by atoms with Crippen molar-refractivity contribution in [2.45, 2.75) is 58.7 Å². The first-order chi connectivity index (χ1) is 13.6. The lowest BCUT2D eigenvalue weighted by Gasteiger charge is -2.11. The van der Waals surface area contributed by atoms with Gasteiger partial charge in [-0.25, -0.2) is 8.42 Å². The SMILES string of the molecule is Cc1cc(C(=O)CSc2nnc(C[C@@H]3CCS(=O)(=O)C3)o2)c(C)n1CCC(C)C. The van der Waals surface area contributed by atoms with Gasteiger partial charge >= 0.3 is 0 Å². The number of rotatable bonds is 9. The summed E-state index contributed by atoms with van der Waals surface area (Å²) in [5.41, 5.74) is 2.85. The zero-order valence-electron chi connectivity index (χ0n) is 17.5. The van der Waals surface area contributed by atoms with E-state index >= 15 is 0 Å². The molecule has 1 saturated heterocycles. The molecular weight excluding hydrogens is 410 g/mol. The van der Waals surface area contributed by atoms with Crippen LogP contribution in [0.15, 0.2) is 15.7 Å². The summed E-state index contributed by atoms with van der Waals surface area (Å²) in [6.45, 7) is 9.33. The number of Topliss-reactive ketones (excluding diaryl/α,β-unsaturated/α-hetero) is 1. The van der Waals surface area contributed by atoms with Crippen molar-refractivity contribution in [1.29, 1.82) is 0 Å². The van der Waals surface area contributed by atoms with Crippen LogP contribution in [0, 0.1) is 25.7 Å². The van der Waals surface area contributed by atoms with E-state index in [1.807, 2.05) is 19.9 Å². The Balaban J connectivity index is 1.56. The quantitative estimate of drug-likeness (QED) is 0.436. The minimum atomic E-state index is -2.92. The molecule has 0 amide bonds. The molecule has 0 saturated carbocycles. The lowest BCUT2D eigenvalue weighted by atomic mass is 10.1. The number of ketones is 1. The molecule has 7 nitrogen and oxygen atoms in total. The summed E-state index contributed by atoms with van der Waals surface area (Å²) < 4.78 is 31.0. The van der Waals surface area contributed by atoms with Gasteiger partial charge in [-0.05, 0) is 44.6 Å². The van der Waals surface area contributed by atoms with E-state index in [4.69, 9.17) is 4.42 Å². The Kier molecular flexibility index (Phi) is 6.88. The molecule has 3 heterocycles. The molecule has 29 heavy (non-hydrogen) atoms. The van der Waals surface area contributed by atoms with Crippen molar-refractivity contribution in [3.8, 4) is 0 Å². The highest BCUT2D eigenvalue weighted by Crippen LogP contribution is 2.25. The van der Waals surface area contributed by atoms with Gasteiger partial charge in [0.1, 0.15) is 0 Å². The fourth-order valence-electron chi connectivity index (χ4n) is 3.68. The van der Waals surface area contributed by atoms with E-state index in [1.54, 1.807) is 0 Å².